The quantitative estimate of drug-likeness (QED) is 0.399. The van der Waals surface area contributed by atoms with E-state index in [4.69, 9.17) is 4.74 Å². The number of carbonyl (C=O) groups is 1. The molecule has 35 heavy (non-hydrogen) atoms. The number of nitrogens with one attached hydrogen (secondary N) is 2. The number of benzene rings is 1. The lowest BCUT2D eigenvalue weighted by atomic mass is 9.93. The van der Waals surface area contributed by atoms with Crippen molar-refractivity contribution in [3.63, 3.8) is 0 Å². The molecule has 2 N–H and O–H groups in total. The van der Waals surface area contributed by atoms with Crippen LogP contribution in [0.5, 0.6) is 5.75 Å². The van der Waals surface area contributed by atoms with Gasteiger partial charge < -0.3 is 15.0 Å². The van der Waals surface area contributed by atoms with E-state index in [9.17, 15) is 4.79 Å². The number of ether oxygens (including phenoxy) is 1. The molecule has 0 bridgehead atoms. The van der Waals surface area contributed by atoms with Gasteiger partial charge in [0.1, 0.15) is 6.33 Å². The van der Waals surface area contributed by atoms with Crippen LogP contribution in [-0.2, 0) is 4.79 Å². The topological polar surface area (TPSA) is 100 Å². The van der Waals surface area contributed by atoms with Crippen molar-refractivity contribution in [1.29, 1.82) is 0 Å². The lowest BCUT2D eigenvalue weighted by Crippen LogP contribution is -2.42. The van der Waals surface area contributed by atoms with Crippen molar-refractivity contribution < 1.29 is 9.53 Å². The fraction of sp³-hybridized carbons (Fsp3) is 0.385. The van der Waals surface area contributed by atoms with Crippen LogP contribution in [0.2, 0.25) is 0 Å². The van der Waals surface area contributed by atoms with E-state index in [1.807, 2.05) is 33.2 Å². The molecule has 0 aliphatic rings. The summed E-state index contributed by atoms with van der Waals surface area (Å²) in [6, 6.07) is 9.97. The third-order valence-electron chi connectivity index (χ3n) is 6.63. The third kappa shape index (κ3) is 4.51. The maximum Gasteiger partial charge on any atom is 0.239 e. The molecule has 9 nitrogen and oxygen atoms in total. The first-order valence-electron chi connectivity index (χ1n) is 11.8. The molecular weight excluding hydrogens is 442 g/mol. The Morgan fingerprint density at radius 3 is 2.49 bits per heavy atom. The van der Waals surface area contributed by atoms with E-state index in [2.05, 4.69) is 63.7 Å². The monoisotopic (exact) mass is 475 g/mol. The molecule has 0 spiro atoms. The van der Waals surface area contributed by atoms with Crippen LogP contribution < -0.4 is 10.1 Å². The average molecular weight is 476 g/mol. The van der Waals surface area contributed by atoms with Crippen LogP contribution >= 0.6 is 0 Å². The van der Waals surface area contributed by atoms with Crippen molar-refractivity contribution in [3.05, 3.63) is 54.0 Å². The summed E-state index contributed by atoms with van der Waals surface area (Å²) < 4.78 is 7.24. The molecule has 4 rings (SSSR count). The van der Waals surface area contributed by atoms with Crippen molar-refractivity contribution in [1.82, 2.24) is 35.0 Å². The zero-order chi connectivity index (χ0) is 25.3. The second-order valence-electron chi connectivity index (χ2n) is 9.10. The van der Waals surface area contributed by atoms with Gasteiger partial charge >= 0.3 is 0 Å². The van der Waals surface area contributed by atoms with Crippen molar-refractivity contribution in [2.45, 2.75) is 45.7 Å². The van der Waals surface area contributed by atoms with E-state index in [0.717, 1.165) is 33.6 Å². The van der Waals surface area contributed by atoms with Crippen molar-refractivity contribution >= 4 is 11.6 Å². The predicted molar refractivity (Wildman–Crippen MR) is 136 cm³/mol. The third-order valence-corrected chi connectivity index (χ3v) is 6.63. The van der Waals surface area contributed by atoms with Gasteiger partial charge in [-0.05, 0) is 44.0 Å². The normalized spacial score (nSPS) is 13.3. The highest BCUT2D eigenvalue weighted by Crippen LogP contribution is 2.37. The molecule has 1 amide bonds. The minimum absolute atomic E-state index is 0.0453. The molecule has 0 aliphatic carbocycles. The number of pyridine rings is 1. The van der Waals surface area contributed by atoms with E-state index in [1.165, 1.54) is 6.33 Å². The van der Waals surface area contributed by atoms with Crippen LogP contribution in [0, 0.1) is 0 Å². The molecular formula is C26H33N7O2. The van der Waals surface area contributed by atoms with Gasteiger partial charge in [0, 0.05) is 24.4 Å². The Morgan fingerprint density at radius 2 is 1.86 bits per heavy atom. The van der Waals surface area contributed by atoms with Gasteiger partial charge in [0.2, 0.25) is 5.91 Å². The van der Waals surface area contributed by atoms with Gasteiger partial charge in [-0.3, -0.25) is 9.89 Å². The Labute approximate surface area is 205 Å². The lowest BCUT2D eigenvalue weighted by Gasteiger charge is -2.28. The fourth-order valence-electron chi connectivity index (χ4n) is 4.30. The molecule has 0 fully saturated rings. The zero-order valence-corrected chi connectivity index (χ0v) is 21.3. The van der Waals surface area contributed by atoms with Crippen LogP contribution in [0.3, 0.4) is 0 Å². The number of aromatic nitrogens is 5. The van der Waals surface area contributed by atoms with Crippen LogP contribution in [0.1, 0.15) is 50.8 Å². The minimum atomic E-state index is -0.228. The summed E-state index contributed by atoms with van der Waals surface area (Å²) in [6.45, 7) is 8.22. The Morgan fingerprint density at radius 1 is 1.14 bits per heavy atom. The second-order valence-corrected chi connectivity index (χ2v) is 9.10. The van der Waals surface area contributed by atoms with Gasteiger partial charge in [-0.15, -0.1) is 0 Å². The van der Waals surface area contributed by atoms with E-state index >= 15 is 0 Å². The maximum atomic E-state index is 12.6. The number of nitrogens with zero attached hydrogens (tertiary/aromatic N) is 5. The smallest absolute Gasteiger partial charge is 0.239 e. The summed E-state index contributed by atoms with van der Waals surface area (Å²) in [7, 11) is 5.26. The number of hydrogen-bond acceptors (Lipinski definition) is 6. The molecule has 9 heteroatoms. The molecule has 4 aromatic rings. The van der Waals surface area contributed by atoms with Crippen LogP contribution in [-0.4, -0.2) is 62.8 Å². The first-order chi connectivity index (χ1) is 16.8. The predicted octanol–water partition coefficient (Wildman–Crippen LogP) is 4.05. The molecule has 0 unspecified atom stereocenters. The first kappa shape index (κ1) is 24.4. The molecule has 0 aliphatic heterocycles. The lowest BCUT2D eigenvalue weighted by molar-refractivity contribution is -0.133. The Balaban J connectivity index is 1.69. The molecule has 3 heterocycles. The molecule has 184 valence electrons. The highest BCUT2D eigenvalue weighted by atomic mass is 16.5. The second kappa shape index (κ2) is 9.87. The maximum absolute atomic E-state index is 12.6. The number of methoxy groups -OCH3 is 1. The summed E-state index contributed by atoms with van der Waals surface area (Å²) in [4.78, 5) is 18.6. The highest BCUT2D eigenvalue weighted by Gasteiger charge is 2.23. The van der Waals surface area contributed by atoms with Crippen molar-refractivity contribution in [2.75, 3.05) is 21.2 Å². The summed E-state index contributed by atoms with van der Waals surface area (Å²) >= 11 is 0. The van der Waals surface area contributed by atoms with Gasteiger partial charge in [0.05, 0.1) is 30.6 Å². The number of rotatable bonds is 8. The number of hydrogen-bond donors (Lipinski definition) is 2. The fourth-order valence-corrected chi connectivity index (χ4v) is 4.30. The Bertz CT molecular complexity index is 1320. The van der Waals surface area contributed by atoms with Gasteiger partial charge in [-0.2, -0.15) is 10.2 Å². The number of amides is 1. The van der Waals surface area contributed by atoms with E-state index in [1.54, 1.807) is 23.6 Å². The zero-order valence-electron chi connectivity index (χ0n) is 21.3. The minimum Gasteiger partial charge on any atom is -0.493 e. The molecule has 0 saturated carbocycles. The number of H-pyrrole nitrogens is 1. The summed E-state index contributed by atoms with van der Waals surface area (Å²) in [5.41, 5.74) is 6.61. The van der Waals surface area contributed by atoms with Gasteiger partial charge in [0.15, 0.2) is 11.4 Å². The average Bonchev–Trinajstić information content (AvgIpc) is 3.53. The highest BCUT2D eigenvalue weighted by molar-refractivity contribution is 5.81. The summed E-state index contributed by atoms with van der Waals surface area (Å²) in [5.74, 6) is 0.926. The SMILES string of the molecule is CN[C@H](C)C(=O)N(C)[C@@H](C)c1ccc(-c2[nH]nc(-c3cc(OC)c4ncnn4c3)c2C(C)C)cc1. The van der Waals surface area contributed by atoms with Gasteiger partial charge in [-0.25, -0.2) is 9.50 Å². The molecule has 1 aromatic carbocycles. The van der Waals surface area contributed by atoms with Crippen LogP contribution in [0.25, 0.3) is 28.2 Å². The Kier molecular flexibility index (Phi) is 6.88. The number of carbonyl (C=O) groups excluding carboxylic acids is 1. The molecule has 0 saturated heterocycles. The molecule has 3 aromatic heterocycles. The van der Waals surface area contributed by atoms with Crippen molar-refractivity contribution in [3.8, 4) is 28.3 Å². The van der Waals surface area contributed by atoms with Gasteiger partial charge in [0.25, 0.3) is 0 Å². The summed E-state index contributed by atoms with van der Waals surface area (Å²) in [6.07, 6.45) is 3.42. The van der Waals surface area contributed by atoms with E-state index < -0.39 is 0 Å². The van der Waals surface area contributed by atoms with Gasteiger partial charge in [-0.1, -0.05) is 38.1 Å². The van der Waals surface area contributed by atoms with Crippen molar-refractivity contribution in [2.24, 2.45) is 0 Å². The number of aromatic amines is 1. The number of fused-ring (bicyclic) bond motifs is 1. The largest absolute Gasteiger partial charge is 0.493 e. The Hall–Kier alpha value is -3.72. The van der Waals surface area contributed by atoms with Crippen LogP contribution in [0.4, 0.5) is 0 Å². The standard InChI is InChI=1S/C26H33N7O2/c1-15(2)22-23(19-10-8-18(9-11-19)17(4)32(6)26(34)16(3)27-5)30-31-24(22)20-12-21(35-7)25-28-14-29-33(25)13-20/h8-17,27H,1-7H3,(H,30,31)/t16-,17+/m1/s1. The van der Waals surface area contributed by atoms with Crippen LogP contribution in [0.15, 0.2) is 42.9 Å². The van der Waals surface area contributed by atoms with E-state index in [-0.39, 0.29) is 23.9 Å². The van der Waals surface area contributed by atoms with E-state index in [0.29, 0.717) is 11.4 Å². The first-order valence-corrected chi connectivity index (χ1v) is 11.8. The number of likely N-dealkylation sites (N-methyl/N-ethyl adjacent to an activating group) is 2. The molecule has 2 atom stereocenters. The molecule has 0 radical (unpaired) electrons. The summed E-state index contributed by atoms with van der Waals surface area (Å²) in [5, 5.41) is 15.2.